The minimum absolute atomic E-state index is 0.109. The Labute approximate surface area is 116 Å². The molecule has 2 N–H and O–H groups in total. The molecule has 1 aromatic rings. The van der Waals surface area contributed by atoms with Crippen LogP contribution in [0.5, 0.6) is 0 Å². The third-order valence-electron chi connectivity index (χ3n) is 2.87. The zero-order valence-corrected chi connectivity index (χ0v) is 12.5. The molecule has 0 unspecified atom stereocenters. The fourth-order valence-electron chi connectivity index (χ4n) is 2.14. The maximum absolute atomic E-state index is 12.6. The molecule has 3 heteroatoms. The highest BCUT2D eigenvalue weighted by atomic mass is 16.2. The van der Waals surface area contributed by atoms with Gasteiger partial charge < -0.3 is 10.6 Å². The summed E-state index contributed by atoms with van der Waals surface area (Å²) in [6.07, 6.45) is 0. The number of amides is 1. The molecule has 0 aliphatic rings. The predicted molar refractivity (Wildman–Crippen MR) is 79.9 cm³/mol. The van der Waals surface area contributed by atoms with E-state index in [4.69, 9.17) is 5.73 Å². The van der Waals surface area contributed by atoms with Gasteiger partial charge in [0.05, 0.1) is 0 Å². The third-order valence-corrected chi connectivity index (χ3v) is 2.87. The maximum Gasteiger partial charge on any atom is 0.253 e. The zero-order valence-electron chi connectivity index (χ0n) is 12.5. The molecule has 0 spiro atoms. The van der Waals surface area contributed by atoms with Crippen LogP contribution in [0, 0.1) is 11.8 Å². The number of rotatable bonds is 6. The molecule has 1 aromatic carbocycles. The van der Waals surface area contributed by atoms with Crippen molar-refractivity contribution in [1.82, 2.24) is 4.90 Å². The minimum atomic E-state index is 0.109. The highest BCUT2D eigenvalue weighted by molar-refractivity contribution is 5.94. The van der Waals surface area contributed by atoms with Crippen molar-refractivity contribution in [3.8, 4) is 0 Å². The molecule has 0 aromatic heterocycles. The summed E-state index contributed by atoms with van der Waals surface area (Å²) >= 11 is 0. The van der Waals surface area contributed by atoms with Crippen LogP contribution in [0.25, 0.3) is 0 Å². The fourth-order valence-corrected chi connectivity index (χ4v) is 2.14. The van der Waals surface area contributed by atoms with Gasteiger partial charge in [-0.15, -0.1) is 0 Å². The molecule has 1 amide bonds. The molecule has 0 aliphatic heterocycles. The van der Waals surface area contributed by atoms with E-state index in [0.717, 1.165) is 24.2 Å². The van der Waals surface area contributed by atoms with Gasteiger partial charge in [0.15, 0.2) is 0 Å². The highest BCUT2D eigenvalue weighted by Crippen LogP contribution is 2.12. The Balaban J connectivity index is 2.90. The maximum atomic E-state index is 12.6. The summed E-state index contributed by atoms with van der Waals surface area (Å²) in [5.41, 5.74) is 7.37. The number of carbonyl (C=O) groups is 1. The first-order valence-electron chi connectivity index (χ1n) is 7.02. The van der Waals surface area contributed by atoms with Crippen molar-refractivity contribution < 1.29 is 4.79 Å². The monoisotopic (exact) mass is 262 g/mol. The zero-order chi connectivity index (χ0) is 14.4. The summed E-state index contributed by atoms with van der Waals surface area (Å²) < 4.78 is 0. The van der Waals surface area contributed by atoms with E-state index >= 15 is 0 Å². The lowest BCUT2D eigenvalue weighted by Gasteiger charge is -2.26. The lowest BCUT2D eigenvalue weighted by atomic mass is 10.1. The molecule has 0 atom stereocenters. The van der Waals surface area contributed by atoms with E-state index in [1.54, 1.807) is 0 Å². The normalized spacial score (nSPS) is 11.1. The van der Waals surface area contributed by atoms with Crippen LogP contribution in [0.4, 0.5) is 0 Å². The average Bonchev–Trinajstić information content (AvgIpc) is 2.36. The Morgan fingerprint density at radius 2 is 1.74 bits per heavy atom. The first-order chi connectivity index (χ1) is 8.93. The molecule has 106 valence electrons. The summed E-state index contributed by atoms with van der Waals surface area (Å²) in [5, 5.41) is 0. The number of benzene rings is 1. The molecule has 0 aliphatic carbocycles. The number of nitrogens with zero attached hydrogens (tertiary/aromatic N) is 1. The number of carbonyl (C=O) groups excluding carboxylic acids is 1. The van der Waals surface area contributed by atoms with Crippen LogP contribution in [0.2, 0.25) is 0 Å². The summed E-state index contributed by atoms with van der Waals surface area (Å²) in [5.74, 6) is 1.05. The van der Waals surface area contributed by atoms with Crippen molar-refractivity contribution in [2.45, 2.75) is 34.2 Å². The molecule has 0 saturated carbocycles. The first kappa shape index (κ1) is 15.7. The standard InChI is InChI=1S/C16H26N2O/c1-12(2)10-18(11-13(3)4)16(19)15-7-5-6-14(8-15)9-17/h5-8,12-13H,9-11,17H2,1-4H3. The molecular weight excluding hydrogens is 236 g/mol. The van der Waals surface area contributed by atoms with Gasteiger partial charge in [0, 0.05) is 25.2 Å². The van der Waals surface area contributed by atoms with Crippen LogP contribution in [0.15, 0.2) is 24.3 Å². The van der Waals surface area contributed by atoms with Crippen LogP contribution in [-0.4, -0.2) is 23.9 Å². The quantitative estimate of drug-likeness (QED) is 0.857. The Kier molecular flexibility index (Phi) is 6.03. The van der Waals surface area contributed by atoms with E-state index in [9.17, 15) is 4.79 Å². The van der Waals surface area contributed by atoms with E-state index in [0.29, 0.717) is 18.4 Å². The van der Waals surface area contributed by atoms with Crippen LogP contribution in [-0.2, 0) is 6.54 Å². The number of hydrogen-bond donors (Lipinski definition) is 1. The predicted octanol–water partition coefficient (Wildman–Crippen LogP) is 2.90. The summed E-state index contributed by atoms with van der Waals surface area (Å²) in [6.45, 7) is 10.6. The van der Waals surface area contributed by atoms with Crippen LogP contribution < -0.4 is 5.73 Å². The van der Waals surface area contributed by atoms with E-state index in [1.807, 2.05) is 29.2 Å². The SMILES string of the molecule is CC(C)CN(CC(C)C)C(=O)c1cccc(CN)c1. The van der Waals surface area contributed by atoms with Crippen molar-refractivity contribution in [3.05, 3.63) is 35.4 Å². The smallest absolute Gasteiger partial charge is 0.253 e. The van der Waals surface area contributed by atoms with E-state index in [1.165, 1.54) is 0 Å². The minimum Gasteiger partial charge on any atom is -0.338 e. The second-order valence-electron chi connectivity index (χ2n) is 5.90. The largest absolute Gasteiger partial charge is 0.338 e. The molecule has 1 rings (SSSR count). The van der Waals surface area contributed by atoms with E-state index in [-0.39, 0.29) is 5.91 Å². The second-order valence-corrected chi connectivity index (χ2v) is 5.90. The lowest BCUT2D eigenvalue weighted by molar-refractivity contribution is 0.0715. The molecule has 0 heterocycles. The van der Waals surface area contributed by atoms with Gasteiger partial charge in [0.1, 0.15) is 0 Å². The molecule has 0 radical (unpaired) electrons. The van der Waals surface area contributed by atoms with Crippen molar-refractivity contribution in [2.75, 3.05) is 13.1 Å². The summed E-state index contributed by atoms with van der Waals surface area (Å²) in [6, 6.07) is 7.62. The van der Waals surface area contributed by atoms with E-state index in [2.05, 4.69) is 27.7 Å². The van der Waals surface area contributed by atoms with Gasteiger partial charge in [-0.25, -0.2) is 0 Å². The molecule has 0 saturated heterocycles. The van der Waals surface area contributed by atoms with Gasteiger partial charge in [0.25, 0.3) is 5.91 Å². The Morgan fingerprint density at radius 1 is 1.16 bits per heavy atom. The average molecular weight is 262 g/mol. The fraction of sp³-hybridized carbons (Fsp3) is 0.562. The van der Waals surface area contributed by atoms with Gasteiger partial charge in [-0.2, -0.15) is 0 Å². The van der Waals surface area contributed by atoms with Gasteiger partial charge in [0.2, 0.25) is 0 Å². The molecular formula is C16H26N2O. The number of nitrogens with two attached hydrogens (primary N) is 1. The topological polar surface area (TPSA) is 46.3 Å². The Bertz CT molecular complexity index is 403. The highest BCUT2D eigenvalue weighted by Gasteiger charge is 2.18. The Morgan fingerprint density at radius 3 is 2.21 bits per heavy atom. The number of hydrogen-bond acceptors (Lipinski definition) is 2. The van der Waals surface area contributed by atoms with Gasteiger partial charge in [-0.05, 0) is 29.5 Å². The summed E-state index contributed by atoms with van der Waals surface area (Å²) in [4.78, 5) is 14.5. The van der Waals surface area contributed by atoms with E-state index < -0.39 is 0 Å². The third kappa shape index (κ3) is 5.03. The molecule has 0 fully saturated rings. The first-order valence-corrected chi connectivity index (χ1v) is 7.02. The van der Waals surface area contributed by atoms with Crippen LogP contribution in [0.1, 0.15) is 43.6 Å². The second kappa shape index (κ2) is 7.29. The van der Waals surface area contributed by atoms with Gasteiger partial charge in [-0.3, -0.25) is 4.79 Å². The van der Waals surface area contributed by atoms with Crippen LogP contribution in [0.3, 0.4) is 0 Å². The van der Waals surface area contributed by atoms with Crippen molar-refractivity contribution in [1.29, 1.82) is 0 Å². The van der Waals surface area contributed by atoms with Crippen molar-refractivity contribution in [3.63, 3.8) is 0 Å². The van der Waals surface area contributed by atoms with Crippen molar-refractivity contribution >= 4 is 5.91 Å². The van der Waals surface area contributed by atoms with Crippen LogP contribution >= 0.6 is 0 Å². The van der Waals surface area contributed by atoms with Crippen molar-refractivity contribution in [2.24, 2.45) is 17.6 Å². The van der Waals surface area contributed by atoms with Gasteiger partial charge in [-0.1, -0.05) is 39.8 Å². The molecule has 0 bridgehead atoms. The lowest BCUT2D eigenvalue weighted by Crippen LogP contribution is -2.37. The molecule has 3 nitrogen and oxygen atoms in total. The molecule has 19 heavy (non-hydrogen) atoms. The Hall–Kier alpha value is -1.35. The van der Waals surface area contributed by atoms with Gasteiger partial charge >= 0.3 is 0 Å². The summed E-state index contributed by atoms with van der Waals surface area (Å²) in [7, 11) is 0.